The van der Waals surface area contributed by atoms with Crippen molar-refractivity contribution < 1.29 is 23.4 Å². The molecule has 0 saturated heterocycles. The largest absolute Gasteiger partial charge is 0.508 e. The number of rotatable bonds is 2. The normalized spacial score (nSPS) is 13.2. The minimum atomic E-state index is -4.58. The van der Waals surface area contributed by atoms with Crippen molar-refractivity contribution in [3.63, 3.8) is 0 Å². The number of phenolic OH excluding ortho intramolecular Hbond substituents is 1. The van der Waals surface area contributed by atoms with Crippen LogP contribution in [-0.2, 0) is 6.18 Å². The molecular formula is C14H12F3NO2. The topological polar surface area (TPSA) is 66.5 Å². The van der Waals surface area contributed by atoms with Gasteiger partial charge >= 0.3 is 6.18 Å². The average Bonchev–Trinajstić information content (AvgIpc) is 2.37. The summed E-state index contributed by atoms with van der Waals surface area (Å²) < 4.78 is 38.3. The molecule has 0 bridgehead atoms. The molecule has 2 aromatic carbocycles. The Balaban J connectivity index is 2.48. The van der Waals surface area contributed by atoms with Crippen molar-refractivity contribution in [2.24, 2.45) is 0 Å². The zero-order valence-electron chi connectivity index (χ0n) is 10.2. The predicted molar refractivity (Wildman–Crippen MR) is 68.0 cm³/mol. The third kappa shape index (κ3) is 2.70. The molecule has 0 aromatic heterocycles. The quantitative estimate of drug-likeness (QED) is 0.742. The number of aliphatic hydroxyl groups is 1. The smallest absolute Gasteiger partial charge is 0.418 e. The summed E-state index contributed by atoms with van der Waals surface area (Å²) in [5, 5.41) is 19.5. The maximum absolute atomic E-state index is 12.8. The molecule has 6 heteroatoms. The Morgan fingerprint density at radius 1 is 1.05 bits per heavy atom. The number of para-hydroxylation sites is 1. The van der Waals surface area contributed by atoms with Crippen molar-refractivity contribution >= 4 is 5.69 Å². The highest BCUT2D eigenvalue weighted by atomic mass is 19.4. The molecule has 0 aliphatic heterocycles. The van der Waals surface area contributed by atoms with Crippen LogP contribution in [0.1, 0.15) is 22.8 Å². The van der Waals surface area contributed by atoms with E-state index in [1.165, 1.54) is 36.4 Å². The Morgan fingerprint density at radius 2 is 1.70 bits per heavy atom. The highest BCUT2D eigenvalue weighted by Gasteiger charge is 2.34. The standard InChI is InChI=1S/C14H12F3NO2/c15-14(16,17)11-6-2-5-10(12(11)18)13(20)8-3-1-4-9(19)7-8/h1-7,13,19-20H,18H2. The van der Waals surface area contributed by atoms with Gasteiger partial charge in [0.1, 0.15) is 11.9 Å². The Kier molecular flexibility index (Phi) is 3.59. The third-order valence-corrected chi connectivity index (χ3v) is 2.93. The van der Waals surface area contributed by atoms with Crippen LogP contribution < -0.4 is 5.73 Å². The number of anilines is 1. The first-order valence-electron chi connectivity index (χ1n) is 5.73. The molecule has 106 valence electrons. The fourth-order valence-electron chi connectivity index (χ4n) is 1.94. The maximum Gasteiger partial charge on any atom is 0.418 e. The van der Waals surface area contributed by atoms with Crippen LogP contribution in [0.25, 0.3) is 0 Å². The second-order valence-corrected chi connectivity index (χ2v) is 4.30. The summed E-state index contributed by atoms with van der Waals surface area (Å²) >= 11 is 0. The second-order valence-electron chi connectivity index (χ2n) is 4.30. The van der Waals surface area contributed by atoms with E-state index in [1.54, 1.807) is 0 Å². The van der Waals surface area contributed by atoms with Gasteiger partial charge in [-0.2, -0.15) is 13.2 Å². The highest BCUT2D eigenvalue weighted by molar-refractivity contribution is 5.57. The number of alkyl halides is 3. The fourth-order valence-corrected chi connectivity index (χ4v) is 1.94. The fraction of sp³-hybridized carbons (Fsp3) is 0.143. The molecule has 3 nitrogen and oxygen atoms in total. The third-order valence-electron chi connectivity index (χ3n) is 2.93. The van der Waals surface area contributed by atoms with E-state index in [0.717, 1.165) is 6.07 Å². The summed E-state index contributed by atoms with van der Waals surface area (Å²) in [7, 11) is 0. The summed E-state index contributed by atoms with van der Waals surface area (Å²) in [6.07, 6.45) is -5.93. The minimum Gasteiger partial charge on any atom is -0.508 e. The van der Waals surface area contributed by atoms with Crippen LogP contribution >= 0.6 is 0 Å². The van der Waals surface area contributed by atoms with Crippen molar-refractivity contribution in [1.82, 2.24) is 0 Å². The first kappa shape index (κ1) is 14.2. The number of hydrogen-bond acceptors (Lipinski definition) is 3. The summed E-state index contributed by atoms with van der Waals surface area (Å²) in [6, 6.07) is 8.99. The molecule has 0 amide bonds. The lowest BCUT2D eigenvalue weighted by molar-refractivity contribution is -0.137. The molecule has 0 heterocycles. The van der Waals surface area contributed by atoms with Crippen LogP contribution in [0.5, 0.6) is 5.75 Å². The first-order valence-corrected chi connectivity index (χ1v) is 5.73. The van der Waals surface area contributed by atoms with E-state index in [-0.39, 0.29) is 16.9 Å². The van der Waals surface area contributed by atoms with Crippen molar-refractivity contribution in [3.8, 4) is 5.75 Å². The van der Waals surface area contributed by atoms with Gasteiger partial charge in [0.15, 0.2) is 0 Å². The van der Waals surface area contributed by atoms with Gasteiger partial charge in [-0.05, 0) is 23.8 Å². The molecule has 0 aliphatic carbocycles. The van der Waals surface area contributed by atoms with Gasteiger partial charge in [-0.3, -0.25) is 0 Å². The van der Waals surface area contributed by atoms with Gasteiger partial charge < -0.3 is 15.9 Å². The number of nitrogen functional groups attached to an aromatic ring is 1. The summed E-state index contributed by atoms with van der Waals surface area (Å²) in [5.41, 5.74) is 4.20. The molecule has 0 spiro atoms. The molecule has 20 heavy (non-hydrogen) atoms. The number of aromatic hydroxyl groups is 1. The van der Waals surface area contributed by atoms with E-state index in [9.17, 15) is 23.4 Å². The Morgan fingerprint density at radius 3 is 2.30 bits per heavy atom. The Hall–Kier alpha value is -2.21. The SMILES string of the molecule is Nc1c(C(O)c2cccc(O)c2)cccc1C(F)(F)F. The van der Waals surface area contributed by atoms with E-state index in [1.807, 2.05) is 0 Å². The number of benzene rings is 2. The monoisotopic (exact) mass is 283 g/mol. The number of halogens is 3. The second kappa shape index (κ2) is 5.05. The first-order chi connectivity index (χ1) is 9.30. The Labute approximate surface area is 113 Å². The number of hydrogen-bond donors (Lipinski definition) is 3. The molecule has 0 radical (unpaired) electrons. The van der Waals surface area contributed by atoms with Crippen LogP contribution in [0.15, 0.2) is 42.5 Å². The summed E-state index contributed by atoms with van der Waals surface area (Å²) in [6.45, 7) is 0. The van der Waals surface area contributed by atoms with E-state index in [4.69, 9.17) is 5.73 Å². The van der Waals surface area contributed by atoms with E-state index < -0.39 is 23.5 Å². The lowest BCUT2D eigenvalue weighted by atomic mass is 9.97. The minimum absolute atomic E-state index is 0.0505. The van der Waals surface area contributed by atoms with Crippen LogP contribution in [0.2, 0.25) is 0 Å². The lowest BCUT2D eigenvalue weighted by Gasteiger charge is -2.18. The van der Waals surface area contributed by atoms with Crippen molar-refractivity contribution in [2.75, 3.05) is 5.73 Å². The molecule has 2 rings (SSSR count). The van der Waals surface area contributed by atoms with Crippen LogP contribution in [0, 0.1) is 0 Å². The molecule has 1 atom stereocenters. The van der Waals surface area contributed by atoms with Crippen LogP contribution in [0.4, 0.5) is 18.9 Å². The zero-order chi connectivity index (χ0) is 14.9. The average molecular weight is 283 g/mol. The van der Waals surface area contributed by atoms with Gasteiger partial charge in [0, 0.05) is 11.3 Å². The number of aliphatic hydroxyl groups excluding tert-OH is 1. The number of nitrogens with two attached hydrogens (primary N) is 1. The molecular weight excluding hydrogens is 271 g/mol. The van der Waals surface area contributed by atoms with Gasteiger partial charge in [0.05, 0.1) is 5.56 Å². The maximum atomic E-state index is 12.8. The van der Waals surface area contributed by atoms with Crippen molar-refractivity contribution in [2.45, 2.75) is 12.3 Å². The van der Waals surface area contributed by atoms with E-state index in [0.29, 0.717) is 0 Å². The van der Waals surface area contributed by atoms with Gasteiger partial charge in [0.2, 0.25) is 0 Å². The number of phenols is 1. The molecule has 0 aliphatic rings. The van der Waals surface area contributed by atoms with E-state index >= 15 is 0 Å². The van der Waals surface area contributed by atoms with Gasteiger partial charge in [-0.1, -0.05) is 24.3 Å². The van der Waals surface area contributed by atoms with Crippen LogP contribution in [-0.4, -0.2) is 10.2 Å². The molecule has 0 saturated carbocycles. The van der Waals surface area contributed by atoms with Gasteiger partial charge in [-0.15, -0.1) is 0 Å². The summed E-state index contributed by atoms with van der Waals surface area (Å²) in [5.74, 6) is -0.0907. The Bertz CT molecular complexity index is 626. The van der Waals surface area contributed by atoms with E-state index in [2.05, 4.69) is 0 Å². The molecule has 2 aromatic rings. The lowest BCUT2D eigenvalue weighted by Crippen LogP contribution is -2.12. The highest BCUT2D eigenvalue weighted by Crippen LogP contribution is 2.38. The van der Waals surface area contributed by atoms with Gasteiger partial charge in [-0.25, -0.2) is 0 Å². The van der Waals surface area contributed by atoms with Crippen LogP contribution in [0.3, 0.4) is 0 Å². The van der Waals surface area contributed by atoms with Crippen molar-refractivity contribution in [3.05, 3.63) is 59.2 Å². The summed E-state index contributed by atoms with van der Waals surface area (Å²) in [4.78, 5) is 0. The molecule has 1 unspecified atom stereocenters. The molecule has 0 fully saturated rings. The predicted octanol–water partition coefficient (Wildman–Crippen LogP) is 3.07. The molecule has 4 N–H and O–H groups in total. The zero-order valence-corrected chi connectivity index (χ0v) is 10.2. The van der Waals surface area contributed by atoms with Crippen molar-refractivity contribution in [1.29, 1.82) is 0 Å². The van der Waals surface area contributed by atoms with Gasteiger partial charge in [0.25, 0.3) is 0 Å².